The van der Waals surface area contributed by atoms with E-state index in [0.717, 1.165) is 38.5 Å². The lowest BCUT2D eigenvalue weighted by Crippen LogP contribution is -2.54. The Kier molecular flexibility index (Phi) is 9.36. The highest BCUT2D eigenvalue weighted by molar-refractivity contribution is 5.94. The van der Waals surface area contributed by atoms with Gasteiger partial charge in [0.15, 0.2) is 0 Å². The number of para-hydroxylation sites is 2. The number of aromatic nitrogens is 2. The van der Waals surface area contributed by atoms with Crippen LogP contribution in [-0.2, 0) is 38.4 Å². The number of carboxylic acid groups (broad SMARTS) is 1. The van der Waals surface area contributed by atoms with Crippen molar-refractivity contribution in [2.24, 2.45) is 5.73 Å². The van der Waals surface area contributed by atoms with Gasteiger partial charge in [-0.25, -0.2) is 4.79 Å². The molecule has 0 bridgehead atoms. The van der Waals surface area contributed by atoms with Crippen molar-refractivity contribution in [3.05, 3.63) is 108 Å². The van der Waals surface area contributed by atoms with Crippen molar-refractivity contribution in [2.45, 2.75) is 37.4 Å². The van der Waals surface area contributed by atoms with Gasteiger partial charge in [-0.2, -0.15) is 0 Å². The lowest BCUT2D eigenvalue weighted by molar-refractivity contribution is -0.141. The Balaban J connectivity index is 1.26. The predicted octanol–water partition coefficient (Wildman–Crippen LogP) is 2.17. The zero-order valence-electron chi connectivity index (χ0n) is 23.9. The monoisotopic (exact) mass is 594 g/mol. The summed E-state index contributed by atoms with van der Waals surface area (Å²) in [5, 5.41) is 19.2. The Labute approximate surface area is 253 Å². The van der Waals surface area contributed by atoms with Gasteiger partial charge in [0, 0.05) is 47.0 Å². The van der Waals surface area contributed by atoms with E-state index in [9.17, 15) is 24.3 Å². The van der Waals surface area contributed by atoms with Crippen molar-refractivity contribution in [1.82, 2.24) is 25.9 Å². The van der Waals surface area contributed by atoms with Gasteiger partial charge in [0.2, 0.25) is 17.7 Å². The van der Waals surface area contributed by atoms with E-state index >= 15 is 0 Å². The first-order valence-electron chi connectivity index (χ1n) is 14.3. The molecule has 11 heteroatoms. The van der Waals surface area contributed by atoms with Gasteiger partial charge >= 0.3 is 5.97 Å². The second kappa shape index (κ2) is 13.7. The van der Waals surface area contributed by atoms with E-state index in [-0.39, 0.29) is 19.3 Å². The molecule has 3 unspecified atom stereocenters. The molecule has 0 spiro atoms. The molecule has 2 heterocycles. The van der Waals surface area contributed by atoms with Crippen molar-refractivity contribution < 1.29 is 24.3 Å². The van der Waals surface area contributed by atoms with E-state index in [4.69, 9.17) is 5.73 Å². The molecule has 3 aromatic carbocycles. The Bertz CT molecular complexity index is 1780. The molecule has 0 radical (unpaired) electrons. The highest BCUT2D eigenvalue weighted by Crippen LogP contribution is 2.20. The number of aromatic amines is 2. The Morgan fingerprint density at radius 3 is 1.86 bits per heavy atom. The second-order valence-corrected chi connectivity index (χ2v) is 10.7. The number of rotatable bonds is 13. The molecule has 0 aliphatic rings. The number of amides is 3. The maximum absolute atomic E-state index is 13.4. The van der Waals surface area contributed by atoms with E-state index in [0.29, 0.717) is 0 Å². The molecule has 0 saturated heterocycles. The predicted molar refractivity (Wildman–Crippen MR) is 167 cm³/mol. The summed E-state index contributed by atoms with van der Waals surface area (Å²) in [6.07, 6.45) is 4.06. The van der Waals surface area contributed by atoms with E-state index in [2.05, 4.69) is 25.9 Å². The van der Waals surface area contributed by atoms with E-state index < -0.39 is 48.4 Å². The molecule has 3 amide bonds. The van der Waals surface area contributed by atoms with Gasteiger partial charge in [-0.05, 0) is 35.2 Å². The van der Waals surface area contributed by atoms with Crippen LogP contribution < -0.4 is 21.7 Å². The van der Waals surface area contributed by atoms with Crippen LogP contribution in [0, 0.1) is 0 Å². The molecule has 5 aromatic rings. The van der Waals surface area contributed by atoms with Crippen LogP contribution in [0.25, 0.3) is 21.8 Å². The van der Waals surface area contributed by atoms with Crippen LogP contribution in [-0.4, -0.2) is 63.4 Å². The summed E-state index contributed by atoms with van der Waals surface area (Å²) < 4.78 is 0. The highest BCUT2D eigenvalue weighted by Gasteiger charge is 2.27. The van der Waals surface area contributed by atoms with Crippen LogP contribution in [0.1, 0.15) is 16.7 Å². The second-order valence-electron chi connectivity index (χ2n) is 10.7. The number of hydrogen-bond acceptors (Lipinski definition) is 5. The fourth-order valence-corrected chi connectivity index (χ4v) is 5.22. The summed E-state index contributed by atoms with van der Waals surface area (Å²) in [5.74, 6) is -2.99. The molecule has 11 nitrogen and oxygen atoms in total. The number of hydrogen-bond donors (Lipinski definition) is 7. The number of nitrogens with one attached hydrogen (secondary N) is 5. The number of aliphatic carboxylic acids is 1. The third-order valence-electron chi connectivity index (χ3n) is 7.52. The number of benzene rings is 3. The first-order valence-corrected chi connectivity index (χ1v) is 14.3. The summed E-state index contributed by atoms with van der Waals surface area (Å²) in [5.41, 5.74) is 10.5. The van der Waals surface area contributed by atoms with Gasteiger partial charge in [0.25, 0.3) is 0 Å². The van der Waals surface area contributed by atoms with Crippen LogP contribution in [0.5, 0.6) is 0 Å². The summed E-state index contributed by atoms with van der Waals surface area (Å²) in [6, 6.07) is 21.0. The smallest absolute Gasteiger partial charge is 0.326 e. The molecule has 2 aromatic heterocycles. The zero-order chi connectivity index (χ0) is 31.1. The van der Waals surface area contributed by atoms with E-state index in [1.807, 2.05) is 60.8 Å². The molecule has 0 aliphatic carbocycles. The van der Waals surface area contributed by atoms with Crippen molar-refractivity contribution in [1.29, 1.82) is 0 Å². The van der Waals surface area contributed by atoms with Gasteiger partial charge in [0.05, 0.1) is 12.6 Å². The Hall–Kier alpha value is -5.42. The topological polar surface area (TPSA) is 182 Å². The lowest BCUT2D eigenvalue weighted by Gasteiger charge is -2.21. The van der Waals surface area contributed by atoms with Crippen molar-refractivity contribution in [2.75, 3.05) is 6.54 Å². The van der Waals surface area contributed by atoms with Crippen molar-refractivity contribution in [3.63, 3.8) is 0 Å². The standard InChI is InChI=1S/C33H34N6O5/c34-25(15-21-17-35-26-12-6-4-10-23(21)26)31(41)39-28(16-22-18-36-27-13-7-5-11-24(22)27)32(42)37-19-30(40)38-29(33(43)44)14-20-8-2-1-3-9-20/h1-13,17-18,25,28-29,35-36H,14-16,19,34H2,(H,37,42)(H,38,40)(H,39,41)(H,43,44). The minimum Gasteiger partial charge on any atom is -0.480 e. The first-order chi connectivity index (χ1) is 21.3. The summed E-state index contributed by atoms with van der Waals surface area (Å²) in [4.78, 5) is 57.4. The molecule has 5 rings (SSSR count). The summed E-state index contributed by atoms with van der Waals surface area (Å²) in [6.45, 7) is -0.473. The number of carboxylic acids is 1. The first kappa shape index (κ1) is 30.1. The van der Waals surface area contributed by atoms with Crippen molar-refractivity contribution in [3.8, 4) is 0 Å². The highest BCUT2D eigenvalue weighted by atomic mass is 16.4. The molecule has 0 fully saturated rings. The number of carbonyl (C=O) groups excluding carboxylic acids is 3. The minimum atomic E-state index is -1.19. The fraction of sp³-hybridized carbons (Fsp3) is 0.212. The van der Waals surface area contributed by atoms with E-state index in [1.54, 1.807) is 30.5 Å². The van der Waals surface area contributed by atoms with Gasteiger partial charge in [-0.3, -0.25) is 14.4 Å². The Morgan fingerprint density at radius 1 is 0.682 bits per heavy atom. The summed E-state index contributed by atoms with van der Waals surface area (Å²) >= 11 is 0. The van der Waals surface area contributed by atoms with Gasteiger partial charge in [-0.15, -0.1) is 0 Å². The van der Waals surface area contributed by atoms with Crippen LogP contribution in [0.3, 0.4) is 0 Å². The molecular formula is C33H34N6O5. The Morgan fingerprint density at radius 2 is 1.25 bits per heavy atom. The molecule has 44 heavy (non-hydrogen) atoms. The third kappa shape index (κ3) is 7.31. The molecule has 3 atom stereocenters. The maximum Gasteiger partial charge on any atom is 0.326 e. The van der Waals surface area contributed by atoms with Crippen LogP contribution in [0.2, 0.25) is 0 Å². The number of carbonyl (C=O) groups is 4. The number of nitrogens with two attached hydrogens (primary N) is 1. The van der Waals surface area contributed by atoms with Crippen molar-refractivity contribution >= 4 is 45.5 Å². The minimum absolute atomic E-state index is 0.0867. The lowest BCUT2D eigenvalue weighted by atomic mass is 10.0. The molecule has 226 valence electrons. The fourth-order valence-electron chi connectivity index (χ4n) is 5.22. The number of fused-ring (bicyclic) bond motifs is 2. The molecule has 8 N–H and O–H groups in total. The average Bonchev–Trinajstić information content (AvgIpc) is 3.63. The van der Waals surface area contributed by atoms with Crippen LogP contribution in [0.4, 0.5) is 0 Å². The molecule has 0 saturated carbocycles. The largest absolute Gasteiger partial charge is 0.480 e. The van der Waals surface area contributed by atoms with Crippen LogP contribution in [0.15, 0.2) is 91.3 Å². The molecular weight excluding hydrogens is 560 g/mol. The van der Waals surface area contributed by atoms with E-state index in [1.165, 1.54) is 0 Å². The number of H-pyrrole nitrogens is 2. The quantitative estimate of drug-likeness (QED) is 0.110. The SMILES string of the molecule is NC(Cc1c[nH]c2ccccc12)C(=O)NC(Cc1c[nH]c2ccccc12)C(=O)NCC(=O)NC(Cc1ccccc1)C(=O)O. The van der Waals surface area contributed by atoms with Gasteiger partial charge in [-0.1, -0.05) is 66.7 Å². The normalized spacial score (nSPS) is 13.2. The molecule has 0 aliphatic heterocycles. The average molecular weight is 595 g/mol. The zero-order valence-corrected chi connectivity index (χ0v) is 23.9. The van der Waals surface area contributed by atoms with Crippen LogP contribution >= 0.6 is 0 Å². The third-order valence-corrected chi connectivity index (χ3v) is 7.52. The maximum atomic E-state index is 13.4. The van der Waals surface area contributed by atoms with Gasteiger partial charge in [0.1, 0.15) is 12.1 Å². The summed E-state index contributed by atoms with van der Waals surface area (Å²) in [7, 11) is 0. The van der Waals surface area contributed by atoms with Gasteiger partial charge < -0.3 is 36.8 Å².